The number of aryl methyl sites for hydroxylation is 2. The number of benzene rings is 1. The van der Waals surface area contributed by atoms with Crippen LogP contribution in [0, 0.1) is 13.8 Å². The van der Waals surface area contributed by atoms with E-state index in [2.05, 4.69) is 10.6 Å². The quantitative estimate of drug-likeness (QED) is 0.476. The Kier molecular flexibility index (Phi) is 10.3. The van der Waals surface area contributed by atoms with Gasteiger partial charge in [-0.3, -0.25) is 14.4 Å². The van der Waals surface area contributed by atoms with E-state index in [0.717, 1.165) is 43.2 Å². The Bertz CT molecular complexity index is 950. The smallest absolute Gasteiger partial charge is 0.408 e. The fraction of sp³-hybridized carbons (Fsp3) is 0.630. The number of hydrogen-bond acceptors (Lipinski definition) is 5. The molecule has 1 aliphatic carbocycles. The third-order valence-corrected chi connectivity index (χ3v) is 6.26. The van der Waals surface area contributed by atoms with E-state index in [9.17, 15) is 19.2 Å². The molecule has 2 atom stereocenters. The molecule has 1 saturated carbocycles. The molecule has 0 bridgehead atoms. The first-order valence-corrected chi connectivity index (χ1v) is 12.8. The molecule has 0 spiro atoms. The number of alkyl carbamates (subject to hydrolysis) is 1. The summed E-state index contributed by atoms with van der Waals surface area (Å²) in [7, 11) is 0. The molecule has 1 fully saturated rings. The number of amides is 4. The van der Waals surface area contributed by atoms with Crippen LogP contribution < -0.4 is 16.4 Å². The molecule has 36 heavy (non-hydrogen) atoms. The number of nitrogens with zero attached hydrogens (tertiary/aromatic N) is 1. The molecular formula is C27H42N4O5. The first kappa shape index (κ1) is 29.1. The largest absolute Gasteiger partial charge is 0.444 e. The lowest BCUT2D eigenvalue weighted by Gasteiger charge is -2.35. The molecule has 9 nitrogen and oxygen atoms in total. The van der Waals surface area contributed by atoms with Crippen molar-refractivity contribution < 1.29 is 23.9 Å². The van der Waals surface area contributed by atoms with E-state index in [0.29, 0.717) is 5.56 Å². The van der Waals surface area contributed by atoms with Crippen molar-refractivity contribution in [3.05, 3.63) is 34.9 Å². The van der Waals surface area contributed by atoms with Crippen molar-refractivity contribution in [2.45, 2.75) is 104 Å². The number of primary amides is 1. The van der Waals surface area contributed by atoms with Crippen molar-refractivity contribution in [3.63, 3.8) is 0 Å². The molecule has 1 aromatic rings. The second-order valence-corrected chi connectivity index (χ2v) is 10.6. The summed E-state index contributed by atoms with van der Waals surface area (Å²) < 4.78 is 5.29. The van der Waals surface area contributed by atoms with Crippen LogP contribution in [0.25, 0.3) is 0 Å². The van der Waals surface area contributed by atoms with Crippen molar-refractivity contribution in [1.82, 2.24) is 15.5 Å². The molecule has 2 rings (SSSR count). The molecule has 200 valence electrons. The average molecular weight is 503 g/mol. The third-order valence-electron chi connectivity index (χ3n) is 6.26. The molecule has 2 unspecified atom stereocenters. The average Bonchev–Trinajstić information content (AvgIpc) is 2.77. The zero-order valence-electron chi connectivity index (χ0n) is 22.5. The summed E-state index contributed by atoms with van der Waals surface area (Å²) >= 11 is 0. The minimum Gasteiger partial charge on any atom is -0.444 e. The van der Waals surface area contributed by atoms with Gasteiger partial charge in [-0.25, -0.2) is 4.79 Å². The van der Waals surface area contributed by atoms with Gasteiger partial charge < -0.3 is 26.0 Å². The van der Waals surface area contributed by atoms with Crippen LogP contribution in [0.1, 0.15) is 89.0 Å². The molecule has 0 saturated heterocycles. The SMILES string of the molecule is CCN(C(=O)C(CC(N)=O)NC(=O)OC(C)(C)C)C(C(=O)NC1CCCCC1)c1cc(C)ccc1C. The van der Waals surface area contributed by atoms with Gasteiger partial charge in [0.1, 0.15) is 17.7 Å². The molecular weight excluding hydrogens is 460 g/mol. The minimum atomic E-state index is -1.27. The topological polar surface area (TPSA) is 131 Å². The Morgan fingerprint density at radius 3 is 2.31 bits per heavy atom. The second kappa shape index (κ2) is 12.7. The van der Waals surface area contributed by atoms with Gasteiger partial charge in [0, 0.05) is 12.6 Å². The monoisotopic (exact) mass is 502 g/mol. The van der Waals surface area contributed by atoms with Gasteiger partial charge in [-0.2, -0.15) is 0 Å². The summed E-state index contributed by atoms with van der Waals surface area (Å²) in [5, 5.41) is 5.64. The fourth-order valence-corrected chi connectivity index (χ4v) is 4.55. The number of carbonyl (C=O) groups excluding carboxylic acids is 4. The van der Waals surface area contributed by atoms with E-state index >= 15 is 0 Å². The third kappa shape index (κ3) is 8.53. The van der Waals surface area contributed by atoms with Gasteiger partial charge in [-0.05, 0) is 65.5 Å². The molecule has 0 radical (unpaired) electrons. The molecule has 1 aromatic carbocycles. The van der Waals surface area contributed by atoms with Gasteiger partial charge in [0.05, 0.1) is 6.42 Å². The van der Waals surface area contributed by atoms with E-state index in [1.165, 1.54) is 4.90 Å². The highest BCUT2D eigenvalue weighted by atomic mass is 16.6. The molecule has 9 heteroatoms. The van der Waals surface area contributed by atoms with E-state index in [1.54, 1.807) is 27.7 Å². The predicted octanol–water partition coefficient (Wildman–Crippen LogP) is 3.41. The lowest BCUT2D eigenvalue weighted by atomic mass is 9.93. The molecule has 4 N–H and O–H groups in total. The summed E-state index contributed by atoms with van der Waals surface area (Å²) in [6, 6.07) is 3.62. The van der Waals surface area contributed by atoms with Crippen LogP contribution in [0.15, 0.2) is 18.2 Å². The summed E-state index contributed by atoms with van der Waals surface area (Å²) in [5.41, 5.74) is 7.13. The number of ether oxygens (including phenoxy) is 1. The van der Waals surface area contributed by atoms with Crippen molar-refractivity contribution in [2.24, 2.45) is 5.73 Å². The summed E-state index contributed by atoms with van der Waals surface area (Å²) in [6.45, 7) is 10.9. The van der Waals surface area contributed by atoms with Crippen LogP contribution in [0.4, 0.5) is 4.79 Å². The number of nitrogens with one attached hydrogen (secondary N) is 2. The van der Waals surface area contributed by atoms with Crippen LogP contribution in [0.5, 0.6) is 0 Å². The Balaban J connectivity index is 2.43. The summed E-state index contributed by atoms with van der Waals surface area (Å²) in [5.74, 6) is -1.61. The maximum Gasteiger partial charge on any atom is 0.408 e. The number of nitrogens with two attached hydrogens (primary N) is 1. The molecule has 0 aliphatic heterocycles. The van der Waals surface area contributed by atoms with Gasteiger partial charge in [-0.1, -0.05) is 43.0 Å². The highest BCUT2D eigenvalue weighted by molar-refractivity contribution is 5.94. The molecule has 0 aromatic heterocycles. The van der Waals surface area contributed by atoms with Crippen LogP contribution in [-0.4, -0.2) is 52.9 Å². The fourth-order valence-electron chi connectivity index (χ4n) is 4.55. The Hall–Kier alpha value is -3.10. The van der Waals surface area contributed by atoms with Gasteiger partial charge in [0.2, 0.25) is 17.7 Å². The molecule has 4 amide bonds. The highest BCUT2D eigenvalue weighted by Gasteiger charge is 2.37. The van der Waals surface area contributed by atoms with E-state index < -0.39 is 42.0 Å². The standard InChI is InChI=1S/C27H42N4O5/c1-7-31(25(34)21(16-22(28)32)30-26(35)36-27(4,5)6)23(20-15-17(2)13-14-18(20)3)24(33)29-19-11-9-8-10-12-19/h13-15,19,21,23H,7-12,16H2,1-6H3,(H2,28,32)(H,29,33)(H,30,35). The van der Waals surface area contributed by atoms with E-state index in [4.69, 9.17) is 10.5 Å². The minimum absolute atomic E-state index is 0.0500. The first-order chi connectivity index (χ1) is 16.8. The normalized spacial score (nSPS) is 15.9. The Morgan fingerprint density at radius 1 is 1.11 bits per heavy atom. The second-order valence-electron chi connectivity index (χ2n) is 10.6. The Labute approximate surface area is 214 Å². The van der Waals surface area contributed by atoms with Crippen molar-refractivity contribution in [3.8, 4) is 0 Å². The molecule has 1 aliphatic rings. The van der Waals surface area contributed by atoms with E-state index in [1.807, 2.05) is 32.0 Å². The van der Waals surface area contributed by atoms with Gasteiger partial charge >= 0.3 is 6.09 Å². The number of rotatable bonds is 9. The molecule has 0 heterocycles. The zero-order valence-corrected chi connectivity index (χ0v) is 22.5. The summed E-state index contributed by atoms with van der Waals surface area (Å²) in [4.78, 5) is 53.2. The Morgan fingerprint density at radius 2 is 1.75 bits per heavy atom. The van der Waals surface area contributed by atoms with Gasteiger partial charge in [0.25, 0.3) is 0 Å². The van der Waals surface area contributed by atoms with Crippen LogP contribution >= 0.6 is 0 Å². The number of hydrogen-bond donors (Lipinski definition) is 3. The van der Waals surface area contributed by atoms with Crippen molar-refractivity contribution in [1.29, 1.82) is 0 Å². The van der Waals surface area contributed by atoms with Crippen LogP contribution in [0.2, 0.25) is 0 Å². The van der Waals surface area contributed by atoms with Crippen LogP contribution in [0.3, 0.4) is 0 Å². The van der Waals surface area contributed by atoms with Crippen LogP contribution in [-0.2, 0) is 19.1 Å². The maximum absolute atomic E-state index is 13.8. The zero-order chi connectivity index (χ0) is 27.0. The first-order valence-electron chi connectivity index (χ1n) is 12.8. The van der Waals surface area contributed by atoms with E-state index in [-0.39, 0.29) is 18.5 Å². The lowest BCUT2D eigenvalue weighted by Crippen LogP contribution is -2.54. The predicted molar refractivity (Wildman–Crippen MR) is 138 cm³/mol. The number of likely N-dealkylation sites (N-methyl/N-ethyl adjacent to an activating group) is 1. The maximum atomic E-state index is 13.8. The van der Waals surface area contributed by atoms with Gasteiger partial charge in [0.15, 0.2) is 0 Å². The van der Waals surface area contributed by atoms with Crippen molar-refractivity contribution in [2.75, 3.05) is 6.54 Å². The van der Waals surface area contributed by atoms with Crippen molar-refractivity contribution >= 4 is 23.8 Å². The van der Waals surface area contributed by atoms with Gasteiger partial charge in [-0.15, -0.1) is 0 Å². The lowest BCUT2D eigenvalue weighted by molar-refractivity contribution is -0.143. The highest BCUT2D eigenvalue weighted by Crippen LogP contribution is 2.28. The number of carbonyl (C=O) groups is 4. The summed E-state index contributed by atoms with van der Waals surface area (Å²) in [6.07, 6.45) is 3.79.